The molecule has 206 valence electrons. The van der Waals surface area contributed by atoms with E-state index in [0.29, 0.717) is 26.3 Å². The number of ether oxygens (including phenoxy) is 1. The van der Waals surface area contributed by atoms with Gasteiger partial charge in [0, 0.05) is 43.1 Å². The molecule has 2 aliphatic rings. The fraction of sp³-hybridized carbons (Fsp3) is 0.357. The SMILES string of the molecule is Cc1cc(/C=N/NC(=O)c2ccccc2O)c(C)n1-c1cc(S(=O)(=O)N2CCOCC2)ccc1N1CCCC1. The predicted molar refractivity (Wildman–Crippen MR) is 149 cm³/mol. The highest BCUT2D eigenvalue weighted by molar-refractivity contribution is 7.89. The van der Waals surface area contributed by atoms with E-state index in [1.54, 1.807) is 30.5 Å². The van der Waals surface area contributed by atoms with Crippen LogP contribution in [-0.2, 0) is 14.8 Å². The van der Waals surface area contributed by atoms with Crippen molar-refractivity contribution >= 4 is 27.8 Å². The van der Waals surface area contributed by atoms with E-state index in [2.05, 4.69) is 15.4 Å². The minimum atomic E-state index is -3.68. The first-order valence-corrected chi connectivity index (χ1v) is 14.5. The summed E-state index contributed by atoms with van der Waals surface area (Å²) < 4.78 is 35.9. The van der Waals surface area contributed by atoms with Gasteiger partial charge in [-0.05, 0) is 63.1 Å². The van der Waals surface area contributed by atoms with Crippen LogP contribution in [0.25, 0.3) is 5.69 Å². The third-order valence-corrected chi connectivity index (χ3v) is 9.13. The Kier molecular flexibility index (Phi) is 7.74. The van der Waals surface area contributed by atoms with Crippen LogP contribution in [-0.4, -0.2) is 73.9 Å². The van der Waals surface area contributed by atoms with E-state index in [1.807, 2.05) is 30.5 Å². The Morgan fingerprint density at radius 2 is 1.72 bits per heavy atom. The van der Waals surface area contributed by atoms with Gasteiger partial charge in [0.05, 0.1) is 41.3 Å². The van der Waals surface area contributed by atoms with Gasteiger partial charge in [-0.15, -0.1) is 0 Å². The van der Waals surface area contributed by atoms with Crippen LogP contribution in [0.4, 0.5) is 5.69 Å². The summed E-state index contributed by atoms with van der Waals surface area (Å²) in [6, 6.07) is 13.6. The maximum absolute atomic E-state index is 13.5. The first kappa shape index (κ1) is 26.9. The molecule has 0 spiro atoms. The second kappa shape index (κ2) is 11.2. The van der Waals surface area contributed by atoms with Gasteiger partial charge in [-0.25, -0.2) is 13.8 Å². The van der Waals surface area contributed by atoms with Crippen LogP contribution in [0.5, 0.6) is 5.75 Å². The number of carbonyl (C=O) groups excluding carboxylic acids is 1. The molecule has 1 aromatic heterocycles. The fourth-order valence-electron chi connectivity index (χ4n) is 5.18. The summed E-state index contributed by atoms with van der Waals surface area (Å²) in [5.74, 6) is -0.639. The van der Waals surface area contributed by atoms with Gasteiger partial charge in [-0.1, -0.05) is 12.1 Å². The van der Waals surface area contributed by atoms with Crippen LogP contribution in [0.3, 0.4) is 0 Å². The Hall–Kier alpha value is -3.67. The molecule has 0 saturated carbocycles. The summed E-state index contributed by atoms with van der Waals surface area (Å²) >= 11 is 0. The minimum absolute atomic E-state index is 0.121. The number of aryl methyl sites for hydroxylation is 1. The van der Waals surface area contributed by atoms with Crippen molar-refractivity contribution in [2.75, 3.05) is 44.3 Å². The van der Waals surface area contributed by atoms with Crippen molar-refractivity contribution < 1.29 is 23.1 Å². The largest absolute Gasteiger partial charge is 0.507 e. The first-order valence-electron chi connectivity index (χ1n) is 13.0. The van der Waals surface area contributed by atoms with Gasteiger partial charge in [0.2, 0.25) is 10.0 Å². The second-order valence-corrected chi connectivity index (χ2v) is 11.7. The Balaban J connectivity index is 1.49. The molecule has 39 heavy (non-hydrogen) atoms. The molecule has 3 heterocycles. The summed E-state index contributed by atoms with van der Waals surface area (Å²) in [6.45, 7) is 7.16. The van der Waals surface area contributed by atoms with E-state index >= 15 is 0 Å². The fourth-order valence-corrected chi connectivity index (χ4v) is 6.61. The summed E-state index contributed by atoms with van der Waals surface area (Å²) in [5, 5.41) is 14.0. The minimum Gasteiger partial charge on any atom is -0.507 e. The van der Waals surface area contributed by atoms with E-state index in [4.69, 9.17) is 4.74 Å². The number of aromatic hydroxyl groups is 1. The highest BCUT2D eigenvalue weighted by atomic mass is 32.2. The molecule has 0 unspecified atom stereocenters. The van der Waals surface area contributed by atoms with Crippen LogP contribution in [0.2, 0.25) is 0 Å². The number of benzene rings is 2. The lowest BCUT2D eigenvalue weighted by Crippen LogP contribution is -2.40. The number of hydrogen-bond donors (Lipinski definition) is 2. The number of amides is 1. The molecule has 2 aromatic carbocycles. The Bertz CT molecular complexity index is 1500. The second-order valence-electron chi connectivity index (χ2n) is 9.74. The molecule has 0 aliphatic carbocycles. The van der Waals surface area contributed by atoms with Crippen molar-refractivity contribution in [1.29, 1.82) is 0 Å². The molecule has 10 nitrogen and oxygen atoms in total. The van der Waals surface area contributed by atoms with E-state index in [0.717, 1.165) is 54.3 Å². The molecule has 2 N–H and O–H groups in total. The number of carbonyl (C=O) groups is 1. The maximum Gasteiger partial charge on any atom is 0.275 e. The van der Waals surface area contributed by atoms with Crippen molar-refractivity contribution in [3.63, 3.8) is 0 Å². The zero-order valence-electron chi connectivity index (χ0n) is 22.1. The zero-order chi connectivity index (χ0) is 27.6. The quantitative estimate of drug-likeness (QED) is 0.344. The lowest BCUT2D eigenvalue weighted by atomic mass is 10.2. The molecule has 0 atom stereocenters. The Labute approximate surface area is 228 Å². The van der Waals surface area contributed by atoms with Gasteiger partial charge in [0.1, 0.15) is 5.75 Å². The smallest absolute Gasteiger partial charge is 0.275 e. The Morgan fingerprint density at radius 1 is 1.00 bits per heavy atom. The highest BCUT2D eigenvalue weighted by Crippen LogP contribution is 2.34. The van der Waals surface area contributed by atoms with Gasteiger partial charge in [0.15, 0.2) is 0 Å². The summed E-state index contributed by atoms with van der Waals surface area (Å²) in [5.41, 5.74) is 6.90. The molecule has 3 aromatic rings. The number of nitrogens with one attached hydrogen (secondary N) is 1. The maximum atomic E-state index is 13.5. The molecule has 1 amide bonds. The van der Waals surface area contributed by atoms with E-state index in [-0.39, 0.29) is 16.2 Å². The molecule has 0 radical (unpaired) electrons. The van der Waals surface area contributed by atoms with Crippen molar-refractivity contribution in [2.45, 2.75) is 31.6 Å². The standard InChI is InChI=1S/C28H33N5O5S/c1-20-17-22(19-29-30-28(35)24-7-3-4-8-27(24)34)21(2)33(20)26-18-23(9-10-25(26)31-11-5-6-12-31)39(36,37)32-13-15-38-16-14-32/h3-4,7-10,17-19,34H,5-6,11-16H2,1-2H3,(H,30,35)/b29-19+. The van der Waals surface area contributed by atoms with Crippen molar-refractivity contribution in [3.05, 3.63) is 71.0 Å². The van der Waals surface area contributed by atoms with E-state index in [9.17, 15) is 18.3 Å². The van der Waals surface area contributed by atoms with E-state index in [1.165, 1.54) is 16.4 Å². The van der Waals surface area contributed by atoms with Crippen LogP contribution in [0, 0.1) is 13.8 Å². The van der Waals surface area contributed by atoms with Crippen LogP contribution in [0.1, 0.15) is 40.2 Å². The number of hydrazone groups is 1. The van der Waals surface area contributed by atoms with Gasteiger partial charge >= 0.3 is 0 Å². The van der Waals surface area contributed by atoms with Gasteiger partial charge in [-0.2, -0.15) is 9.41 Å². The van der Waals surface area contributed by atoms with Crippen molar-refractivity contribution in [2.24, 2.45) is 5.10 Å². The van der Waals surface area contributed by atoms with Crippen LogP contribution >= 0.6 is 0 Å². The number of hydrogen-bond acceptors (Lipinski definition) is 7. The number of sulfonamides is 1. The predicted octanol–water partition coefficient (Wildman–Crippen LogP) is 3.18. The summed E-state index contributed by atoms with van der Waals surface area (Å²) in [7, 11) is -3.68. The lowest BCUT2D eigenvalue weighted by molar-refractivity contribution is 0.0730. The summed E-state index contributed by atoms with van der Waals surface area (Å²) in [6.07, 6.45) is 3.73. The molecule has 5 rings (SSSR count). The molecule has 2 aliphatic heterocycles. The number of phenols is 1. The van der Waals surface area contributed by atoms with Gasteiger partial charge in [0.25, 0.3) is 5.91 Å². The third kappa shape index (κ3) is 5.42. The number of aromatic nitrogens is 1. The highest BCUT2D eigenvalue weighted by Gasteiger charge is 2.29. The zero-order valence-corrected chi connectivity index (χ0v) is 22.9. The number of phenolic OH excluding ortho intramolecular Hbond substituents is 1. The first-order chi connectivity index (χ1) is 18.8. The molecule has 0 bridgehead atoms. The van der Waals surface area contributed by atoms with Crippen LogP contribution in [0.15, 0.2) is 58.5 Å². The average Bonchev–Trinajstić information content (AvgIpc) is 3.57. The molecule has 2 saturated heterocycles. The number of rotatable bonds is 7. The lowest BCUT2D eigenvalue weighted by Gasteiger charge is -2.28. The molecular formula is C28H33N5O5S. The van der Waals surface area contributed by atoms with Crippen LogP contribution < -0.4 is 10.3 Å². The number of nitrogens with zero attached hydrogens (tertiary/aromatic N) is 4. The molecular weight excluding hydrogens is 518 g/mol. The average molecular weight is 552 g/mol. The van der Waals surface area contributed by atoms with Crippen molar-refractivity contribution in [3.8, 4) is 11.4 Å². The number of morpholine rings is 1. The number of anilines is 1. The molecule has 2 fully saturated rings. The van der Waals surface area contributed by atoms with E-state index < -0.39 is 15.9 Å². The van der Waals surface area contributed by atoms with Gasteiger partial charge < -0.3 is 19.3 Å². The third-order valence-electron chi connectivity index (χ3n) is 7.23. The monoisotopic (exact) mass is 551 g/mol. The summed E-state index contributed by atoms with van der Waals surface area (Å²) in [4.78, 5) is 15.0. The molecule has 11 heteroatoms. The topological polar surface area (TPSA) is 116 Å². The normalized spacial score (nSPS) is 16.7. The number of para-hydroxylation sites is 1. The van der Waals surface area contributed by atoms with Gasteiger partial charge in [-0.3, -0.25) is 4.79 Å². The Morgan fingerprint density at radius 3 is 2.44 bits per heavy atom. The van der Waals surface area contributed by atoms with Crippen molar-refractivity contribution in [1.82, 2.24) is 14.3 Å².